The van der Waals surface area contributed by atoms with Gasteiger partial charge in [-0.05, 0) is 42.8 Å². The molecule has 2 amide bonds. The molecule has 1 heterocycles. The van der Waals surface area contributed by atoms with E-state index >= 15 is 0 Å². The van der Waals surface area contributed by atoms with Crippen molar-refractivity contribution in [1.29, 1.82) is 0 Å². The number of hydrogen-bond acceptors (Lipinski definition) is 3. The summed E-state index contributed by atoms with van der Waals surface area (Å²) in [5.41, 5.74) is 1.61. The second kappa shape index (κ2) is 7.89. The molecule has 0 fully saturated rings. The Morgan fingerprint density at radius 1 is 1.00 bits per heavy atom. The molecule has 3 rings (SSSR count). The number of furan rings is 1. The molecule has 3 aromatic rings. The number of amides is 2. The molecule has 0 aliphatic heterocycles. The van der Waals surface area contributed by atoms with Crippen molar-refractivity contribution in [3.63, 3.8) is 0 Å². The van der Waals surface area contributed by atoms with Gasteiger partial charge in [0.15, 0.2) is 5.76 Å². The first-order valence-corrected chi connectivity index (χ1v) is 8.42. The molecule has 0 aliphatic carbocycles. The Kier molecular flexibility index (Phi) is 5.39. The number of halogens is 1. The third-order valence-corrected chi connectivity index (χ3v) is 4.10. The van der Waals surface area contributed by atoms with Gasteiger partial charge in [-0.2, -0.15) is 0 Å². The van der Waals surface area contributed by atoms with Crippen LogP contribution in [-0.4, -0.2) is 11.8 Å². The summed E-state index contributed by atoms with van der Waals surface area (Å²) in [6.45, 7) is 1.89. The van der Waals surface area contributed by atoms with Gasteiger partial charge in [0.2, 0.25) is 0 Å². The third-order valence-electron chi connectivity index (χ3n) is 3.87. The number of benzene rings is 2. The largest absolute Gasteiger partial charge is 0.459 e. The molecule has 2 N–H and O–H groups in total. The van der Waals surface area contributed by atoms with Gasteiger partial charge in [0.25, 0.3) is 11.8 Å². The van der Waals surface area contributed by atoms with E-state index in [-0.39, 0.29) is 23.3 Å². The zero-order chi connectivity index (χ0) is 18.5. The highest BCUT2D eigenvalue weighted by atomic mass is 35.5. The van der Waals surface area contributed by atoms with E-state index in [2.05, 4.69) is 10.6 Å². The zero-order valence-corrected chi connectivity index (χ0v) is 14.8. The van der Waals surface area contributed by atoms with Gasteiger partial charge >= 0.3 is 0 Å². The first-order valence-electron chi connectivity index (χ1n) is 8.05. The maximum absolute atomic E-state index is 12.7. The Bertz CT molecular complexity index is 908. The summed E-state index contributed by atoms with van der Waals surface area (Å²) in [5.74, 6) is -0.620. The molecule has 2 aromatic carbocycles. The normalized spacial score (nSPS) is 11.6. The zero-order valence-electron chi connectivity index (χ0n) is 14.0. The molecule has 0 saturated heterocycles. The molecule has 0 radical (unpaired) electrons. The molecule has 0 saturated carbocycles. The quantitative estimate of drug-likeness (QED) is 0.687. The molecule has 5 nitrogen and oxygen atoms in total. The molecule has 6 heteroatoms. The van der Waals surface area contributed by atoms with Crippen LogP contribution in [0.1, 0.15) is 39.4 Å². The molecule has 0 unspecified atom stereocenters. The van der Waals surface area contributed by atoms with Crippen LogP contribution < -0.4 is 10.6 Å². The van der Waals surface area contributed by atoms with E-state index in [1.54, 1.807) is 24.3 Å². The number of anilines is 1. The predicted molar refractivity (Wildman–Crippen MR) is 100 cm³/mol. The van der Waals surface area contributed by atoms with Crippen LogP contribution in [0.4, 0.5) is 5.69 Å². The van der Waals surface area contributed by atoms with Crippen molar-refractivity contribution < 1.29 is 14.0 Å². The van der Waals surface area contributed by atoms with Gasteiger partial charge in [0.1, 0.15) is 0 Å². The van der Waals surface area contributed by atoms with Gasteiger partial charge in [-0.15, -0.1) is 0 Å². The average molecular weight is 369 g/mol. The van der Waals surface area contributed by atoms with Crippen LogP contribution in [0, 0.1) is 0 Å². The Morgan fingerprint density at radius 3 is 2.46 bits per heavy atom. The van der Waals surface area contributed by atoms with E-state index in [1.165, 1.54) is 12.3 Å². The Labute approximate surface area is 156 Å². The van der Waals surface area contributed by atoms with Crippen LogP contribution >= 0.6 is 11.6 Å². The van der Waals surface area contributed by atoms with Crippen LogP contribution in [-0.2, 0) is 0 Å². The van der Waals surface area contributed by atoms with E-state index in [1.807, 2.05) is 37.3 Å². The summed E-state index contributed by atoms with van der Waals surface area (Å²) in [6.07, 6.45) is 1.41. The average Bonchev–Trinajstić information content (AvgIpc) is 3.18. The Morgan fingerprint density at radius 2 is 1.77 bits per heavy atom. The lowest BCUT2D eigenvalue weighted by molar-refractivity contribution is 0.0940. The third kappa shape index (κ3) is 4.13. The second-order valence-corrected chi connectivity index (χ2v) is 6.16. The van der Waals surface area contributed by atoms with Crippen molar-refractivity contribution >= 4 is 29.1 Å². The van der Waals surface area contributed by atoms with Crippen LogP contribution in [0.5, 0.6) is 0 Å². The molecule has 1 aromatic heterocycles. The summed E-state index contributed by atoms with van der Waals surface area (Å²) in [6, 6.07) is 17.3. The van der Waals surface area contributed by atoms with Crippen molar-refractivity contribution in [2.24, 2.45) is 0 Å². The smallest absolute Gasteiger partial charge is 0.291 e. The molecule has 0 aliphatic rings. The highest BCUT2D eigenvalue weighted by Crippen LogP contribution is 2.23. The van der Waals surface area contributed by atoms with Gasteiger partial charge in [0.05, 0.1) is 23.6 Å². The summed E-state index contributed by atoms with van der Waals surface area (Å²) in [5, 5.41) is 6.00. The number of rotatable bonds is 5. The van der Waals surface area contributed by atoms with Gasteiger partial charge < -0.3 is 15.1 Å². The number of carbonyl (C=O) groups is 2. The molecule has 1 atom stereocenters. The van der Waals surface area contributed by atoms with E-state index in [0.29, 0.717) is 10.7 Å². The van der Waals surface area contributed by atoms with Gasteiger partial charge in [-0.1, -0.05) is 41.9 Å². The van der Waals surface area contributed by atoms with Crippen molar-refractivity contribution in [2.75, 3.05) is 5.32 Å². The summed E-state index contributed by atoms with van der Waals surface area (Å²) in [4.78, 5) is 24.9. The first-order chi connectivity index (χ1) is 12.5. The molecular formula is C20H17ClN2O3. The van der Waals surface area contributed by atoms with Gasteiger partial charge in [-0.25, -0.2) is 0 Å². The van der Waals surface area contributed by atoms with Crippen molar-refractivity contribution in [2.45, 2.75) is 13.0 Å². The highest BCUT2D eigenvalue weighted by molar-refractivity contribution is 6.31. The fourth-order valence-electron chi connectivity index (χ4n) is 2.50. The second-order valence-electron chi connectivity index (χ2n) is 5.73. The minimum atomic E-state index is -0.442. The lowest BCUT2D eigenvalue weighted by Crippen LogP contribution is -2.28. The molecular weight excluding hydrogens is 352 g/mol. The maximum Gasteiger partial charge on any atom is 0.291 e. The highest BCUT2D eigenvalue weighted by Gasteiger charge is 2.18. The topological polar surface area (TPSA) is 71.3 Å². The van der Waals surface area contributed by atoms with Crippen molar-refractivity contribution in [3.8, 4) is 0 Å². The number of hydrogen-bond donors (Lipinski definition) is 2. The van der Waals surface area contributed by atoms with Crippen molar-refractivity contribution in [3.05, 3.63) is 88.8 Å². The number of nitrogens with one attached hydrogen (secondary N) is 2. The van der Waals surface area contributed by atoms with Crippen molar-refractivity contribution in [1.82, 2.24) is 5.32 Å². The first kappa shape index (κ1) is 17.8. The fourth-order valence-corrected chi connectivity index (χ4v) is 2.68. The summed E-state index contributed by atoms with van der Waals surface area (Å²) in [7, 11) is 0. The summed E-state index contributed by atoms with van der Waals surface area (Å²) < 4.78 is 5.08. The Hall–Kier alpha value is -3.05. The lowest BCUT2D eigenvalue weighted by Gasteiger charge is -2.16. The lowest BCUT2D eigenvalue weighted by atomic mass is 10.1. The molecule has 0 spiro atoms. The van der Waals surface area contributed by atoms with Crippen LogP contribution in [0.3, 0.4) is 0 Å². The van der Waals surface area contributed by atoms with Crippen LogP contribution in [0.2, 0.25) is 5.02 Å². The van der Waals surface area contributed by atoms with Crippen LogP contribution in [0.25, 0.3) is 0 Å². The Balaban J connectivity index is 1.81. The molecule has 132 valence electrons. The predicted octanol–water partition coefficient (Wildman–Crippen LogP) is 4.68. The number of carbonyl (C=O) groups excluding carboxylic acids is 2. The standard InChI is InChI=1S/C20H17ClN2O3/c1-13(14-6-3-2-4-7-14)22-19(24)16-12-15(21)9-10-17(16)23-20(25)18-8-5-11-26-18/h2-13H,1H3,(H,22,24)(H,23,25)/t13-/m0/s1. The molecule has 0 bridgehead atoms. The van der Waals surface area contributed by atoms with E-state index < -0.39 is 5.91 Å². The van der Waals surface area contributed by atoms with Gasteiger partial charge in [-0.3, -0.25) is 9.59 Å². The monoisotopic (exact) mass is 368 g/mol. The molecule has 26 heavy (non-hydrogen) atoms. The minimum absolute atomic E-state index is 0.156. The van der Waals surface area contributed by atoms with Crippen LogP contribution in [0.15, 0.2) is 71.3 Å². The fraction of sp³-hybridized carbons (Fsp3) is 0.100. The van der Waals surface area contributed by atoms with E-state index in [4.69, 9.17) is 16.0 Å². The SMILES string of the molecule is C[C@H](NC(=O)c1cc(Cl)ccc1NC(=O)c1ccco1)c1ccccc1. The summed E-state index contributed by atoms with van der Waals surface area (Å²) >= 11 is 6.04. The maximum atomic E-state index is 12.7. The minimum Gasteiger partial charge on any atom is -0.459 e. The van der Waals surface area contributed by atoms with Gasteiger partial charge in [0, 0.05) is 5.02 Å². The van der Waals surface area contributed by atoms with E-state index in [9.17, 15) is 9.59 Å². The van der Waals surface area contributed by atoms with E-state index in [0.717, 1.165) is 5.56 Å².